The van der Waals surface area contributed by atoms with Crippen LogP contribution in [0.4, 0.5) is 0 Å². The van der Waals surface area contributed by atoms with Gasteiger partial charge in [0.1, 0.15) is 5.92 Å². The van der Waals surface area contributed by atoms with Gasteiger partial charge in [0.15, 0.2) is 0 Å². The van der Waals surface area contributed by atoms with Crippen LogP contribution in [0.15, 0.2) is 24.3 Å². The number of hydrogen-bond donors (Lipinski definition) is 1. The highest BCUT2D eigenvalue weighted by Crippen LogP contribution is 2.34. The van der Waals surface area contributed by atoms with Gasteiger partial charge in [0.2, 0.25) is 11.9 Å². The molecule has 0 aromatic heterocycles. The number of benzene rings is 1. The molecule has 1 amide bonds. The van der Waals surface area contributed by atoms with Crippen molar-refractivity contribution in [3.05, 3.63) is 45.0 Å². The van der Waals surface area contributed by atoms with Crippen molar-refractivity contribution in [1.29, 1.82) is 0 Å². The van der Waals surface area contributed by atoms with Crippen molar-refractivity contribution < 1.29 is 19.2 Å². The minimum atomic E-state index is -0.843. The van der Waals surface area contributed by atoms with Crippen molar-refractivity contribution in [2.45, 2.75) is 24.9 Å². The first kappa shape index (κ1) is 16.2. The first-order valence-corrected chi connectivity index (χ1v) is 7.07. The maximum Gasteiger partial charge on any atom is 0.307 e. The molecule has 1 fully saturated rings. The van der Waals surface area contributed by atoms with Crippen molar-refractivity contribution in [2.24, 2.45) is 5.92 Å². The van der Waals surface area contributed by atoms with Crippen LogP contribution in [0, 0.1) is 16.0 Å². The van der Waals surface area contributed by atoms with Crippen LogP contribution >= 0.6 is 11.6 Å². The van der Waals surface area contributed by atoms with E-state index in [1.807, 2.05) is 0 Å². The summed E-state index contributed by atoms with van der Waals surface area (Å²) in [6.07, 6.45) is 0.119. The summed E-state index contributed by atoms with van der Waals surface area (Å²) < 4.78 is 4.62. The molecule has 3 atom stereocenters. The lowest BCUT2D eigenvalue weighted by molar-refractivity contribution is -0.497. The molecule has 1 saturated carbocycles. The van der Waals surface area contributed by atoms with Gasteiger partial charge in [0.25, 0.3) is 0 Å². The molecule has 0 aliphatic heterocycles. The lowest BCUT2D eigenvalue weighted by atomic mass is 10.0. The van der Waals surface area contributed by atoms with Gasteiger partial charge in [-0.15, -0.1) is 0 Å². The average Bonchev–Trinajstić information content (AvgIpc) is 3.27. The first-order chi connectivity index (χ1) is 10.4. The van der Waals surface area contributed by atoms with Crippen LogP contribution in [0.3, 0.4) is 0 Å². The summed E-state index contributed by atoms with van der Waals surface area (Å²) in [6.45, 7) is 0. The van der Waals surface area contributed by atoms with Crippen molar-refractivity contribution in [3.8, 4) is 0 Å². The summed E-state index contributed by atoms with van der Waals surface area (Å²) in [5, 5.41) is 13.7. The topological polar surface area (TPSA) is 98.5 Å². The van der Waals surface area contributed by atoms with Crippen LogP contribution in [0.5, 0.6) is 0 Å². The molecule has 0 saturated heterocycles. The van der Waals surface area contributed by atoms with E-state index in [1.54, 1.807) is 24.3 Å². The zero-order valence-corrected chi connectivity index (χ0v) is 12.6. The summed E-state index contributed by atoms with van der Waals surface area (Å²) in [5.41, 5.74) is 0.571. The number of nitrogens with one attached hydrogen (secondary N) is 1. The van der Waals surface area contributed by atoms with E-state index in [0.29, 0.717) is 10.6 Å². The quantitative estimate of drug-likeness (QED) is 0.487. The van der Waals surface area contributed by atoms with Crippen molar-refractivity contribution >= 4 is 23.5 Å². The Morgan fingerprint density at radius 3 is 2.73 bits per heavy atom. The Kier molecular flexibility index (Phi) is 4.97. The maximum atomic E-state index is 12.1. The molecule has 7 nitrogen and oxygen atoms in total. The normalized spacial score (nSPS) is 20.8. The van der Waals surface area contributed by atoms with Crippen LogP contribution in [0.1, 0.15) is 24.4 Å². The van der Waals surface area contributed by atoms with Gasteiger partial charge in [-0.1, -0.05) is 29.8 Å². The van der Waals surface area contributed by atoms with E-state index in [-0.39, 0.29) is 12.8 Å². The van der Waals surface area contributed by atoms with Crippen molar-refractivity contribution in [3.63, 3.8) is 0 Å². The molecule has 0 heterocycles. The van der Waals surface area contributed by atoms with E-state index in [9.17, 15) is 19.7 Å². The summed E-state index contributed by atoms with van der Waals surface area (Å²) in [7, 11) is 1.25. The molecule has 118 valence electrons. The van der Waals surface area contributed by atoms with Crippen LogP contribution in [-0.2, 0) is 14.3 Å². The number of halogens is 1. The summed E-state index contributed by atoms with van der Waals surface area (Å²) in [5.74, 6) is -1.61. The minimum absolute atomic E-state index is 0.0954. The molecule has 2 rings (SSSR count). The zero-order chi connectivity index (χ0) is 16.3. The lowest BCUT2D eigenvalue weighted by Gasteiger charge is -2.19. The van der Waals surface area contributed by atoms with Gasteiger partial charge in [0.05, 0.1) is 19.6 Å². The highest BCUT2D eigenvalue weighted by atomic mass is 35.5. The van der Waals surface area contributed by atoms with Gasteiger partial charge in [-0.25, -0.2) is 0 Å². The molecule has 0 spiro atoms. The summed E-state index contributed by atoms with van der Waals surface area (Å²) in [4.78, 5) is 33.8. The second kappa shape index (κ2) is 6.74. The number of amides is 1. The molecule has 0 unspecified atom stereocenters. The van der Waals surface area contributed by atoms with Crippen LogP contribution in [0.25, 0.3) is 0 Å². The van der Waals surface area contributed by atoms with E-state index in [4.69, 9.17) is 11.6 Å². The largest absolute Gasteiger partial charge is 0.469 e. The van der Waals surface area contributed by atoms with E-state index in [1.165, 1.54) is 7.11 Å². The van der Waals surface area contributed by atoms with Gasteiger partial charge in [0, 0.05) is 16.4 Å². The second-order valence-electron chi connectivity index (χ2n) is 5.06. The van der Waals surface area contributed by atoms with Gasteiger partial charge in [-0.2, -0.15) is 0 Å². The Morgan fingerprint density at radius 2 is 2.18 bits per heavy atom. The first-order valence-electron chi connectivity index (χ1n) is 6.69. The SMILES string of the molecule is COC(=O)C[C@H](NC(=O)[C@@H]1C[C@@H]1[N+](=O)[O-])c1ccccc1Cl. The highest BCUT2D eigenvalue weighted by molar-refractivity contribution is 6.31. The number of methoxy groups -OCH3 is 1. The molecular formula is C14H15ClN2O5. The molecule has 1 aliphatic carbocycles. The number of ether oxygens (including phenoxy) is 1. The second-order valence-corrected chi connectivity index (χ2v) is 5.47. The molecule has 8 heteroatoms. The molecule has 0 bridgehead atoms. The predicted octanol–water partition coefficient (Wildman–Crippen LogP) is 1.73. The molecule has 1 aromatic carbocycles. The van der Waals surface area contributed by atoms with E-state index in [0.717, 1.165) is 0 Å². The Bertz CT molecular complexity index is 607. The van der Waals surface area contributed by atoms with Gasteiger partial charge >= 0.3 is 5.97 Å². The average molecular weight is 327 g/mol. The molecule has 22 heavy (non-hydrogen) atoms. The zero-order valence-electron chi connectivity index (χ0n) is 11.8. The third-order valence-corrected chi connectivity index (χ3v) is 3.90. The number of hydrogen-bond acceptors (Lipinski definition) is 5. The molecule has 1 aromatic rings. The maximum absolute atomic E-state index is 12.1. The van der Waals surface area contributed by atoms with E-state index in [2.05, 4.69) is 10.1 Å². The number of carbonyl (C=O) groups is 2. The van der Waals surface area contributed by atoms with Crippen LogP contribution in [-0.4, -0.2) is 30.0 Å². The fraction of sp³-hybridized carbons (Fsp3) is 0.429. The third-order valence-electron chi connectivity index (χ3n) is 3.56. The molecule has 1 aliphatic rings. The van der Waals surface area contributed by atoms with Gasteiger partial charge < -0.3 is 10.1 Å². The predicted molar refractivity (Wildman–Crippen MR) is 77.9 cm³/mol. The molecule has 0 radical (unpaired) electrons. The number of carbonyl (C=O) groups excluding carboxylic acids is 2. The number of nitrogens with zero attached hydrogens (tertiary/aromatic N) is 1. The fourth-order valence-electron chi connectivity index (χ4n) is 2.22. The van der Waals surface area contributed by atoms with Crippen LogP contribution in [0.2, 0.25) is 5.02 Å². The minimum Gasteiger partial charge on any atom is -0.469 e. The van der Waals surface area contributed by atoms with E-state index < -0.39 is 34.8 Å². The number of nitro groups is 1. The monoisotopic (exact) mass is 326 g/mol. The van der Waals surface area contributed by atoms with Crippen molar-refractivity contribution in [1.82, 2.24) is 5.32 Å². The van der Waals surface area contributed by atoms with Gasteiger partial charge in [-0.3, -0.25) is 19.7 Å². The summed E-state index contributed by atoms with van der Waals surface area (Å²) >= 11 is 6.09. The van der Waals surface area contributed by atoms with Crippen LogP contribution < -0.4 is 5.32 Å². The number of esters is 1. The fourth-order valence-corrected chi connectivity index (χ4v) is 2.49. The lowest BCUT2D eigenvalue weighted by Crippen LogP contribution is -2.33. The molecule has 1 N–H and O–H groups in total. The Morgan fingerprint density at radius 1 is 1.50 bits per heavy atom. The third kappa shape index (κ3) is 3.73. The Hall–Kier alpha value is -2.15. The molecular weight excluding hydrogens is 312 g/mol. The standard InChI is InChI=1S/C14H15ClN2O5/c1-22-13(18)7-11(8-4-2-3-5-10(8)15)16-14(19)9-6-12(9)17(20)21/h2-5,9,11-12H,6-7H2,1H3,(H,16,19)/t9-,11+,12+/m1/s1. The van der Waals surface area contributed by atoms with Crippen molar-refractivity contribution in [2.75, 3.05) is 7.11 Å². The van der Waals surface area contributed by atoms with Gasteiger partial charge in [-0.05, 0) is 11.6 Å². The summed E-state index contributed by atoms with van der Waals surface area (Å²) in [6, 6.07) is 5.27. The number of rotatable bonds is 6. The smallest absolute Gasteiger partial charge is 0.307 e. The highest BCUT2D eigenvalue weighted by Gasteiger charge is 2.53. The Labute approximate surface area is 131 Å². The Balaban J connectivity index is 2.12. The van der Waals surface area contributed by atoms with E-state index >= 15 is 0 Å².